The van der Waals surface area contributed by atoms with Crippen molar-refractivity contribution >= 4 is 16.8 Å². The molecule has 0 saturated heterocycles. The van der Waals surface area contributed by atoms with Crippen LogP contribution in [0.1, 0.15) is 6.92 Å². The van der Waals surface area contributed by atoms with Crippen molar-refractivity contribution < 1.29 is 28.7 Å². The zero-order valence-corrected chi connectivity index (χ0v) is 10.2. The first-order valence-electron chi connectivity index (χ1n) is 4.81. The maximum atomic E-state index is 11.3. The number of hydrogen-bond acceptors (Lipinski definition) is 6. The van der Waals surface area contributed by atoms with Crippen LogP contribution in [0.15, 0.2) is 0 Å². The second-order valence-electron chi connectivity index (χ2n) is 3.34. The predicted molar refractivity (Wildman–Crippen MR) is 58.4 cm³/mol. The zero-order valence-electron chi connectivity index (χ0n) is 9.42. The SMILES string of the molecule is COCC(C)OC(=O)CS(=O)CC(O)CO. The molecule has 0 saturated carbocycles. The summed E-state index contributed by atoms with van der Waals surface area (Å²) in [5, 5.41) is 17.5. The van der Waals surface area contributed by atoms with Crippen LogP contribution in [-0.4, -0.2) is 64.4 Å². The van der Waals surface area contributed by atoms with E-state index in [9.17, 15) is 9.00 Å². The minimum Gasteiger partial charge on any atom is -0.460 e. The molecule has 2 N–H and O–H groups in total. The molecule has 0 amide bonds. The Hall–Kier alpha value is -0.500. The zero-order chi connectivity index (χ0) is 12.6. The molecule has 96 valence electrons. The lowest BCUT2D eigenvalue weighted by Crippen LogP contribution is -2.27. The van der Waals surface area contributed by atoms with Crippen molar-refractivity contribution in [1.29, 1.82) is 0 Å². The lowest BCUT2D eigenvalue weighted by molar-refractivity contribution is -0.147. The highest BCUT2D eigenvalue weighted by atomic mass is 32.2. The van der Waals surface area contributed by atoms with Crippen molar-refractivity contribution in [2.45, 2.75) is 19.1 Å². The summed E-state index contributed by atoms with van der Waals surface area (Å²) in [6.07, 6.45) is -1.46. The summed E-state index contributed by atoms with van der Waals surface area (Å²) in [4.78, 5) is 11.2. The van der Waals surface area contributed by atoms with Crippen LogP contribution in [0.4, 0.5) is 0 Å². The van der Waals surface area contributed by atoms with Crippen molar-refractivity contribution in [3.63, 3.8) is 0 Å². The van der Waals surface area contributed by atoms with E-state index in [0.717, 1.165) is 0 Å². The van der Waals surface area contributed by atoms with E-state index >= 15 is 0 Å². The number of carbonyl (C=O) groups excluding carboxylic acids is 1. The van der Waals surface area contributed by atoms with Crippen LogP contribution >= 0.6 is 0 Å². The van der Waals surface area contributed by atoms with E-state index in [0.29, 0.717) is 0 Å². The first-order valence-corrected chi connectivity index (χ1v) is 6.30. The van der Waals surface area contributed by atoms with Crippen molar-refractivity contribution in [3.05, 3.63) is 0 Å². The number of rotatable bonds is 8. The lowest BCUT2D eigenvalue weighted by atomic mass is 10.4. The molecule has 0 aliphatic heterocycles. The molecule has 7 heteroatoms. The third-order valence-corrected chi connectivity index (χ3v) is 2.92. The van der Waals surface area contributed by atoms with Crippen LogP contribution in [0.5, 0.6) is 0 Å². The van der Waals surface area contributed by atoms with E-state index < -0.39 is 35.6 Å². The molecule has 16 heavy (non-hydrogen) atoms. The highest BCUT2D eigenvalue weighted by Crippen LogP contribution is 1.96. The summed E-state index contributed by atoms with van der Waals surface area (Å²) >= 11 is 0. The smallest absolute Gasteiger partial charge is 0.318 e. The van der Waals surface area contributed by atoms with Gasteiger partial charge in [0.05, 0.1) is 25.1 Å². The number of hydrogen-bond donors (Lipinski definition) is 2. The van der Waals surface area contributed by atoms with Crippen LogP contribution in [0.25, 0.3) is 0 Å². The van der Waals surface area contributed by atoms with Crippen molar-refractivity contribution in [3.8, 4) is 0 Å². The standard InChI is InChI=1S/C9H18O6S/c1-7(4-14-2)15-9(12)6-16(13)5-8(11)3-10/h7-8,10-11H,3-6H2,1-2H3. The molecular weight excluding hydrogens is 236 g/mol. The topological polar surface area (TPSA) is 93.1 Å². The van der Waals surface area contributed by atoms with Crippen molar-refractivity contribution in [1.82, 2.24) is 0 Å². The first kappa shape index (κ1) is 15.5. The van der Waals surface area contributed by atoms with Gasteiger partial charge in [0.15, 0.2) is 0 Å². The Morgan fingerprint density at radius 1 is 1.50 bits per heavy atom. The van der Waals surface area contributed by atoms with E-state index in [2.05, 4.69) is 0 Å². The third kappa shape index (κ3) is 7.75. The van der Waals surface area contributed by atoms with Gasteiger partial charge in [-0.05, 0) is 6.92 Å². The number of esters is 1. The van der Waals surface area contributed by atoms with Crippen LogP contribution in [0.3, 0.4) is 0 Å². The minimum absolute atomic E-state index is 0.135. The van der Waals surface area contributed by atoms with Gasteiger partial charge in [0.1, 0.15) is 11.9 Å². The number of ether oxygens (including phenoxy) is 2. The number of methoxy groups -OCH3 is 1. The molecule has 0 aliphatic carbocycles. The van der Waals surface area contributed by atoms with Gasteiger partial charge in [-0.15, -0.1) is 0 Å². The van der Waals surface area contributed by atoms with E-state index in [-0.39, 0.29) is 18.1 Å². The van der Waals surface area contributed by atoms with Gasteiger partial charge in [-0.1, -0.05) is 0 Å². The van der Waals surface area contributed by atoms with E-state index in [4.69, 9.17) is 19.7 Å². The molecule has 0 aromatic heterocycles. The maximum Gasteiger partial charge on any atom is 0.318 e. The van der Waals surface area contributed by atoms with Crippen LogP contribution in [0.2, 0.25) is 0 Å². The highest BCUT2D eigenvalue weighted by Gasteiger charge is 2.15. The fourth-order valence-electron chi connectivity index (χ4n) is 0.985. The number of aliphatic hydroxyl groups excluding tert-OH is 2. The minimum atomic E-state index is -1.53. The summed E-state index contributed by atoms with van der Waals surface area (Å²) in [6, 6.07) is 0. The molecule has 0 spiro atoms. The number of aliphatic hydroxyl groups is 2. The van der Waals surface area contributed by atoms with Gasteiger partial charge in [-0.3, -0.25) is 9.00 Å². The van der Waals surface area contributed by atoms with Gasteiger partial charge >= 0.3 is 5.97 Å². The molecule has 3 unspecified atom stereocenters. The van der Waals surface area contributed by atoms with E-state index in [1.54, 1.807) is 6.92 Å². The Morgan fingerprint density at radius 3 is 2.62 bits per heavy atom. The number of carbonyl (C=O) groups is 1. The Balaban J connectivity index is 3.82. The molecule has 3 atom stereocenters. The largest absolute Gasteiger partial charge is 0.460 e. The average molecular weight is 254 g/mol. The van der Waals surface area contributed by atoms with E-state index in [1.165, 1.54) is 7.11 Å². The van der Waals surface area contributed by atoms with Crippen LogP contribution < -0.4 is 0 Å². The fourth-order valence-corrected chi connectivity index (χ4v) is 1.97. The van der Waals surface area contributed by atoms with Gasteiger partial charge in [-0.2, -0.15) is 0 Å². The highest BCUT2D eigenvalue weighted by molar-refractivity contribution is 7.85. The Bertz CT molecular complexity index is 232. The van der Waals surface area contributed by atoms with Gasteiger partial charge in [0, 0.05) is 17.9 Å². The lowest BCUT2D eigenvalue weighted by Gasteiger charge is -2.12. The van der Waals surface area contributed by atoms with Gasteiger partial charge in [0.2, 0.25) is 0 Å². The summed E-state index contributed by atoms with van der Waals surface area (Å²) < 4.78 is 20.9. The molecule has 0 aliphatic rings. The predicted octanol–water partition coefficient (Wildman–Crippen LogP) is -1.33. The summed E-state index contributed by atoms with van der Waals surface area (Å²) in [5.41, 5.74) is 0. The molecule has 0 aromatic rings. The van der Waals surface area contributed by atoms with E-state index in [1.807, 2.05) is 0 Å². The van der Waals surface area contributed by atoms with Gasteiger partial charge in [0.25, 0.3) is 0 Å². The van der Waals surface area contributed by atoms with Gasteiger partial charge in [-0.25, -0.2) is 0 Å². The fraction of sp³-hybridized carbons (Fsp3) is 0.889. The average Bonchev–Trinajstić information content (AvgIpc) is 2.16. The Kier molecular flexibility index (Phi) is 8.36. The van der Waals surface area contributed by atoms with Crippen molar-refractivity contribution in [2.75, 3.05) is 31.8 Å². The quantitative estimate of drug-likeness (QED) is 0.521. The van der Waals surface area contributed by atoms with Gasteiger partial charge < -0.3 is 19.7 Å². The summed E-state index contributed by atoms with van der Waals surface area (Å²) in [6.45, 7) is 1.46. The molecule has 0 rings (SSSR count). The third-order valence-electron chi connectivity index (χ3n) is 1.60. The molecule has 0 radical (unpaired) electrons. The molecule has 0 heterocycles. The Labute approximate surface area is 97.0 Å². The Morgan fingerprint density at radius 2 is 2.12 bits per heavy atom. The van der Waals surface area contributed by atoms with Crippen molar-refractivity contribution in [2.24, 2.45) is 0 Å². The second kappa shape index (κ2) is 8.63. The summed E-state index contributed by atoms with van der Waals surface area (Å²) in [5.74, 6) is -1.02. The normalized spacial score (nSPS) is 16.5. The molecule has 0 fully saturated rings. The second-order valence-corrected chi connectivity index (χ2v) is 4.84. The molecule has 0 bridgehead atoms. The molecule has 6 nitrogen and oxygen atoms in total. The van der Waals surface area contributed by atoms with Crippen LogP contribution in [-0.2, 0) is 25.1 Å². The molecule has 0 aromatic carbocycles. The van der Waals surface area contributed by atoms with Crippen LogP contribution in [0, 0.1) is 0 Å². The first-order chi connectivity index (χ1) is 7.49. The molecular formula is C9H18O6S. The maximum absolute atomic E-state index is 11.3. The summed E-state index contributed by atoms with van der Waals surface area (Å²) in [7, 11) is -0.0396. The monoisotopic (exact) mass is 254 g/mol.